The zero-order valence-electron chi connectivity index (χ0n) is 13.7. The number of ether oxygens (including phenoxy) is 1. The molecule has 1 aromatic carbocycles. The molecule has 0 saturated carbocycles. The van der Waals surface area contributed by atoms with Gasteiger partial charge in [0.15, 0.2) is 0 Å². The standard InChI is InChI=1S/C18H22ClNO3/c1-4-20-15(18(22)23-5-2)10-12(3)16(20)17(21)14-8-6-13(11-19)7-9-14/h6-10,17,21H,4-5,11H2,1-3H3. The molecule has 0 fully saturated rings. The van der Waals surface area contributed by atoms with Crippen molar-refractivity contribution in [2.75, 3.05) is 6.61 Å². The number of nitrogens with zero attached hydrogens (tertiary/aromatic N) is 1. The average Bonchev–Trinajstić information content (AvgIpc) is 2.91. The van der Waals surface area contributed by atoms with E-state index in [9.17, 15) is 9.90 Å². The van der Waals surface area contributed by atoms with Crippen LogP contribution in [-0.4, -0.2) is 22.2 Å². The minimum Gasteiger partial charge on any atom is -0.461 e. The molecule has 2 aromatic rings. The van der Waals surface area contributed by atoms with Crippen molar-refractivity contribution >= 4 is 17.6 Å². The molecule has 0 aliphatic heterocycles. The number of aliphatic hydroxyl groups excluding tert-OH is 1. The maximum atomic E-state index is 12.1. The van der Waals surface area contributed by atoms with Crippen molar-refractivity contribution in [3.63, 3.8) is 0 Å². The third kappa shape index (κ3) is 3.59. The molecule has 1 unspecified atom stereocenters. The van der Waals surface area contributed by atoms with Gasteiger partial charge in [-0.2, -0.15) is 0 Å². The van der Waals surface area contributed by atoms with E-state index in [1.807, 2.05) is 42.7 Å². The molecule has 23 heavy (non-hydrogen) atoms. The van der Waals surface area contributed by atoms with Crippen LogP contribution < -0.4 is 0 Å². The van der Waals surface area contributed by atoms with Crippen LogP contribution in [-0.2, 0) is 17.2 Å². The monoisotopic (exact) mass is 335 g/mol. The van der Waals surface area contributed by atoms with Gasteiger partial charge in [0.2, 0.25) is 0 Å². The second-order valence-electron chi connectivity index (χ2n) is 5.34. The van der Waals surface area contributed by atoms with E-state index in [0.717, 1.165) is 16.7 Å². The Morgan fingerprint density at radius 2 is 1.96 bits per heavy atom. The Morgan fingerprint density at radius 1 is 1.30 bits per heavy atom. The van der Waals surface area contributed by atoms with Crippen molar-refractivity contribution < 1.29 is 14.6 Å². The first kappa shape index (κ1) is 17.6. The Bertz CT molecular complexity index is 676. The van der Waals surface area contributed by atoms with Crippen LogP contribution in [0.25, 0.3) is 0 Å². The lowest BCUT2D eigenvalue weighted by Crippen LogP contribution is -2.15. The van der Waals surface area contributed by atoms with Gasteiger partial charge in [0, 0.05) is 12.4 Å². The topological polar surface area (TPSA) is 51.5 Å². The molecular formula is C18H22ClNO3. The van der Waals surface area contributed by atoms with E-state index in [1.54, 1.807) is 13.0 Å². The Kier molecular flexibility index (Phi) is 5.85. The summed E-state index contributed by atoms with van der Waals surface area (Å²) in [6, 6.07) is 9.28. The summed E-state index contributed by atoms with van der Waals surface area (Å²) in [5.74, 6) is 0.0710. The summed E-state index contributed by atoms with van der Waals surface area (Å²) < 4.78 is 6.91. The van der Waals surface area contributed by atoms with Crippen LogP contribution in [0.1, 0.15) is 52.8 Å². The lowest BCUT2D eigenvalue weighted by atomic mass is 10.0. The molecule has 0 amide bonds. The summed E-state index contributed by atoms with van der Waals surface area (Å²) in [4.78, 5) is 12.1. The number of carbonyl (C=O) groups excluding carboxylic acids is 1. The van der Waals surface area contributed by atoms with Crippen molar-refractivity contribution in [1.82, 2.24) is 4.57 Å². The van der Waals surface area contributed by atoms with E-state index in [2.05, 4.69) is 0 Å². The zero-order chi connectivity index (χ0) is 17.0. The SMILES string of the molecule is CCOC(=O)c1cc(C)c(C(O)c2ccc(CCl)cc2)n1CC. The molecule has 1 aromatic heterocycles. The summed E-state index contributed by atoms with van der Waals surface area (Å²) in [6.07, 6.45) is -0.803. The Labute approximate surface area is 141 Å². The fourth-order valence-electron chi connectivity index (χ4n) is 2.72. The third-order valence-corrected chi connectivity index (χ3v) is 4.16. The van der Waals surface area contributed by atoms with Gasteiger partial charge in [0.05, 0.1) is 12.3 Å². The predicted octanol–water partition coefficient (Wildman–Crippen LogP) is 3.81. The van der Waals surface area contributed by atoms with Crippen molar-refractivity contribution in [1.29, 1.82) is 0 Å². The van der Waals surface area contributed by atoms with Gasteiger partial charge in [-0.05, 0) is 43.5 Å². The fourth-order valence-corrected chi connectivity index (χ4v) is 2.90. The van der Waals surface area contributed by atoms with E-state index < -0.39 is 6.10 Å². The van der Waals surface area contributed by atoms with Crippen LogP contribution >= 0.6 is 11.6 Å². The number of hydrogen-bond acceptors (Lipinski definition) is 3. The molecule has 0 saturated heterocycles. The third-order valence-electron chi connectivity index (χ3n) is 3.85. The molecule has 5 heteroatoms. The van der Waals surface area contributed by atoms with Crippen LogP contribution in [0.15, 0.2) is 30.3 Å². The Balaban J connectivity index is 2.42. The van der Waals surface area contributed by atoms with Gasteiger partial charge in [-0.25, -0.2) is 4.79 Å². The normalized spacial score (nSPS) is 12.2. The summed E-state index contributed by atoms with van der Waals surface area (Å²) in [5.41, 5.74) is 3.82. The van der Waals surface area contributed by atoms with Crippen molar-refractivity contribution in [3.8, 4) is 0 Å². The Morgan fingerprint density at radius 3 is 2.48 bits per heavy atom. The molecule has 2 rings (SSSR count). The van der Waals surface area contributed by atoms with Gasteiger partial charge in [-0.3, -0.25) is 0 Å². The number of alkyl halides is 1. The lowest BCUT2D eigenvalue weighted by Gasteiger charge is -2.17. The lowest BCUT2D eigenvalue weighted by molar-refractivity contribution is 0.0513. The average molecular weight is 336 g/mol. The molecule has 0 radical (unpaired) electrons. The maximum absolute atomic E-state index is 12.1. The number of esters is 1. The van der Waals surface area contributed by atoms with Crippen molar-refractivity contribution in [2.24, 2.45) is 0 Å². The highest BCUT2D eigenvalue weighted by Gasteiger charge is 2.23. The highest BCUT2D eigenvalue weighted by atomic mass is 35.5. The number of hydrogen-bond donors (Lipinski definition) is 1. The van der Waals surface area contributed by atoms with Gasteiger partial charge < -0.3 is 14.4 Å². The highest BCUT2D eigenvalue weighted by molar-refractivity contribution is 6.17. The molecule has 0 aliphatic rings. The first-order valence-corrected chi connectivity index (χ1v) is 8.26. The zero-order valence-corrected chi connectivity index (χ0v) is 14.4. The molecule has 0 aliphatic carbocycles. The molecule has 1 atom stereocenters. The van der Waals surface area contributed by atoms with Crippen LogP contribution in [0.2, 0.25) is 0 Å². The number of aromatic nitrogens is 1. The van der Waals surface area contributed by atoms with E-state index in [-0.39, 0.29) is 5.97 Å². The van der Waals surface area contributed by atoms with E-state index >= 15 is 0 Å². The van der Waals surface area contributed by atoms with Gasteiger partial charge in [-0.1, -0.05) is 24.3 Å². The van der Waals surface area contributed by atoms with Crippen LogP contribution in [0.5, 0.6) is 0 Å². The van der Waals surface area contributed by atoms with Crippen molar-refractivity contribution in [2.45, 2.75) is 39.3 Å². The second-order valence-corrected chi connectivity index (χ2v) is 5.61. The number of aryl methyl sites for hydroxylation is 1. The minimum atomic E-state index is -0.803. The molecule has 0 bridgehead atoms. The summed E-state index contributed by atoms with van der Waals surface area (Å²) >= 11 is 5.80. The van der Waals surface area contributed by atoms with E-state index in [1.165, 1.54) is 0 Å². The fraction of sp³-hybridized carbons (Fsp3) is 0.389. The molecule has 4 nitrogen and oxygen atoms in total. The number of benzene rings is 1. The summed E-state index contributed by atoms with van der Waals surface area (Å²) in [5, 5.41) is 10.8. The van der Waals surface area contributed by atoms with E-state index in [4.69, 9.17) is 16.3 Å². The summed E-state index contributed by atoms with van der Waals surface area (Å²) in [7, 11) is 0. The summed E-state index contributed by atoms with van der Waals surface area (Å²) in [6.45, 7) is 6.51. The van der Waals surface area contributed by atoms with E-state index in [0.29, 0.717) is 30.4 Å². The molecule has 1 N–H and O–H groups in total. The second kappa shape index (κ2) is 7.66. The smallest absolute Gasteiger partial charge is 0.354 e. The maximum Gasteiger partial charge on any atom is 0.354 e. The molecule has 124 valence electrons. The number of carbonyl (C=O) groups is 1. The highest BCUT2D eigenvalue weighted by Crippen LogP contribution is 2.28. The number of aliphatic hydroxyl groups is 1. The first-order valence-electron chi connectivity index (χ1n) is 7.73. The minimum absolute atomic E-state index is 0.324. The van der Waals surface area contributed by atoms with Crippen LogP contribution in [0, 0.1) is 6.92 Å². The molecular weight excluding hydrogens is 314 g/mol. The molecule has 0 spiro atoms. The van der Waals surface area contributed by atoms with Gasteiger partial charge in [-0.15, -0.1) is 11.6 Å². The van der Waals surface area contributed by atoms with Crippen LogP contribution in [0.3, 0.4) is 0 Å². The predicted molar refractivity (Wildman–Crippen MR) is 90.9 cm³/mol. The number of rotatable bonds is 6. The quantitative estimate of drug-likeness (QED) is 0.645. The van der Waals surface area contributed by atoms with Gasteiger partial charge in [0.25, 0.3) is 0 Å². The first-order chi connectivity index (χ1) is 11.0. The van der Waals surface area contributed by atoms with Crippen LogP contribution in [0.4, 0.5) is 0 Å². The van der Waals surface area contributed by atoms with Gasteiger partial charge in [0.1, 0.15) is 11.8 Å². The number of halogens is 1. The Hall–Kier alpha value is -1.78. The largest absolute Gasteiger partial charge is 0.461 e. The molecule has 1 heterocycles. The van der Waals surface area contributed by atoms with Gasteiger partial charge >= 0.3 is 5.97 Å². The van der Waals surface area contributed by atoms with Crippen molar-refractivity contribution in [3.05, 3.63) is 58.4 Å².